The zero-order valence-corrected chi connectivity index (χ0v) is 14.9. The SMILES string of the molecule is CC1(NC(=O)OC(C)(C)C)CCC(ON=Cc2ccccn2)CC1. The van der Waals surface area contributed by atoms with Gasteiger partial charge in [0, 0.05) is 11.7 Å². The van der Waals surface area contributed by atoms with Crippen LogP contribution in [0, 0.1) is 0 Å². The van der Waals surface area contributed by atoms with Gasteiger partial charge in [-0.05, 0) is 65.5 Å². The fourth-order valence-electron chi connectivity index (χ4n) is 2.63. The van der Waals surface area contributed by atoms with Crippen LogP contribution in [-0.4, -0.2) is 34.5 Å². The van der Waals surface area contributed by atoms with Gasteiger partial charge in [-0.25, -0.2) is 4.79 Å². The first-order valence-electron chi connectivity index (χ1n) is 8.37. The predicted octanol–water partition coefficient (Wildman–Crippen LogP) is 3.66. The van der Waals surface area contributed by atoms with E-state index in [2.05, 4.69) is 15.5 Å². The minimum Gasteiger partial charge on any atom is -0.444 e. The van der Waals surface area contributed by atoms with Gasteiger partial charge in [0.25, 0.3) is 0 Å². The predicted molar refractivity (Wildman–Crippen MR) is 92.9 cm³/mol. The van der Waals surface area contributed by atoms with Crippen LogP contribution in [0.1, 0.15) is 59.1 Å². The Kier molecular flexibility index (Phi) is 5.80. The van der Waals surface area contributed by atoms with E-state index in [1.54, 1.807) is 12.4 Å². The Morgan fingerprint density at radius 2 is 2.08 bits per heavy atom. The Morgan fingerprint density at radius 1 is 1.38 bits per heavy atom. The van der Waals surface area contributed by atoms with Crippen LogP contribution in [0.2, 0.25) is 0 Å². The molecule has 0 bridgehead atoms. The van der Waals surface area contributed by atoms with Crippen molar-refractivity contribution in [3.63, 3.8) is 0 Å². The Morgan fingerprint density at radius 3 is 2.67 bits per heavy atom. The lowest BCUT2D eigenvalue weighted by molar-refractivity contribution is 0.00782. The number of carbonyl (C=O) groups is 1. The summed E-state index contributed by atoms with van der Waals surface area (Å²) in [4.78, 5) is 21.7. The average molecular weight is 333 g/mol. The molecule has 0 spiro atoms. The zero-order valence-electron chi connectivity index (χ0n) is 14.9. The van der Waals surface area contributed by atoms with Gasteiger partial charge in [-0.2, -0.15) is 0 Å². The molecule has 1 fully saturated rings. The van der Waals surface area contributed by atoms with Crippen LogP contribution < -0.4 is 5.32 Å². The molecule has 1 aromatic heterocycles. The summed E-state index contributed by atoms with van der Waals surface area (Å²) in [6.45, 7) is 7.63. The van der Waals surface area contributed by atoms with Crippen molar-refractivity contribution in [2.75, 3.05) is 0 Å². The standard InChI is InChI=1S/C18H27N3O3/c1-17(2,3)23-16(22)21-18(4)10-8-15(9-11-18)24-20-13-14-7-5-6-12-19-14/h5-7,12-13,15H,8-11H2,1-4H3,(H,21,22). The lowest BCUT2D eigenvalue weighted by atomic mass is 9.82. The van der Waals surface area contributed by atoms with Crippen molar-refractivity contribution in [1.82, 2.24) is 10.3 Å². The zero-order chi connectivity index (χ0) is 17.6. The monoisotopic (exact) mass is 333 g/mol. The van der Waals surface area contributed by atoms with Crippen LogP contribution in [0.3, 0.4) is 0 Å². The highest BCUT2D eigenvalue weighted by atomic mass is 16.6. The molecule has 132 valence electrons. The summed E-state index contributed by atoms with van der Waals surface area (Å²) in [6.07, 6.45) is 6.38. The molecular weight excluding hydrogens is 306 g/mol. The first-order chi connectivity index (χ1) is 11.3. The van der Waals surface area contributed by atoms with Gasteiger partial charge in [0.2, 0.25) is 0 Å². The van der Waals surface area contributed by atoms with Crippen molar-refractivity contribution in [3.8, 4) is 0 Å². The Bertz CT molecular complexity index is 559. The normalized spacial score (nSPS) is 24.6. The number of aromatic nitrogens is 1. The summed E-state index contributed by atoms with van der Waals surface area (Å²) in [5.74, 6) is 0. The highest BCUT2D eigenvalue weighted by Crippen LogP contribution is 2.30. The minimum atomic E-state index is -0.485. The molecule has 2 rings (SSSR count). The van der Waals surface area contributed by atoms with E-state index in [4.69, 9.17) is 9.57 Å². The average Bonchev–Trinajstić information content (AvgIpc) is 2.48. The van der Waals surface area contributed by atoms with Gasteiger partial charge in [-0.3, -0.25) is 4.98 Å². The van der Waals surface area contributed by atoms with Crippen LogP contribution in [0.15, 0.2) is 29.6 Å². The topological polar surface area (TPSA) is 72.8 Å². The molecule has 1 saturated carbocycles. The molecule has 0 aliphatic heterocycles. The third-order valence-electron chi connectivity index (χ3n) is 3.92. The molecule has 0 saturated heterocycles. The molecule has 6 heteroatoms. The van der Waals surface area contributed by atoms with E-state index in [1.165, 1.54) is 0 Å². The van der Waals surface area contributed by atoms with E-state index in [0.717, 1.165) is 31.4 Å². The van der Waals surface area contributed by atoms with Crippen molar-refractivity contribution in [2.24, 2.45) is 5.16 Å². The van der Waals surface area contributed by atoms with Crippen LogP contribution in [0.5, 0.6) is 0 Å². The van der Waals surface area contributed by atoms with E-state index in [1.807, 2.05) is 45.9 Å². The van der Waals surface area contributed by atoms with Crippen molar-refractivity contribution in [1.29, 1.82) is 0 Å². The number of hydrogen-bond acceptors (Lipinski definition) is 5. The number of hydrogen-bond donors (Lipinski definition) is 1. The van der Waals surface area contributed by atoms with Gasteiger partial charge in [-0.15, -0.1) is 0 Å². The minimum absolute atomic E-state index is 0.0680. The molecule has 1 amide bonds. The van der Waals surface area contributed by atoms with Crippen molar-refractivity contribution >= 4 is 12.3 Å². The lowest BCUT2D eigenvalue weighted by Gasteiger charge is -2.37. The van der Waals surface area contributed by atoms with Gasteiger partial charge >= 0.3 is 6.09 Å². The van der Waals surface area contributed by atoms with Crippen molar-refractivity contribution in [3.05, 3.63) is 30.1 Å². The molecule has 0 radical (unpaired) electrons. The van der Waals surface area contributed by atoms with Crippen LogP contribution in [-0.2, 0) is 9.57 Å². The Labute approximate surface area is 143 Å². The van der Waals surface area contributed by atoms with E-state index >= 15 is 0 Å². The van der Waals surface area contributed by atoms with Crippen LogP contribution >= 0.6 is 0 Å². The number of nitrogens with zero attached hydrogens (tertiary/aromatic N) is 2. The maximum Gasteiger partial charge on any atom is 0.408 e. The number of alkyl carbamates (subject to hydrolysis) is 1. The third-order valence-corrected chi connectivity index (χ3v) is 3.92. The number of nitrogens with one attached hydrogen (secondary N) is 1. The molecule has 0 unspecified atom stereocenters. The molecule has 1 heterocycles. The number of rotatable bonds is 4. The van der Waals surface area contributed by atoms with Gasteiger partial charge in [0.15, 0.2) is 0 Å². The number of amides is 1. The molecular formula is C18H27N3O3. The van der Waals surface area contributed by atoms with Gasteiger partial charge in [-0.1, -0.05) is 11.2 Å². The quantitative estimate of drug-likeness (QED) is 0.674. The summed E-state index contributed by atoms with van der Waals surface area (Å²) < 4.78 is 5.33. The second kappa shape index (κ2) is 7.64. The fraction of sp³-hybridized carbons (Fsp3) is 0.611. The van der Waals surface area contributed by atoms with Gasteiger partial charge < -0.3 is 14.9 Å². The van der Waals surface area contributed by atoms with E-state index in [9.17, 15) is 4.79 Å². The summed E-state index contributed by atoms with van der Waals surface area (Å²) in [7, 11) is 0. The number of ether oxygens (including phenoxy) is 1. The summed E-state index contributed by atoms with van der Waals surface area (Å²) in [6, 6.07) is 5.64. The Balaban J connectivity index is 1.76. The Hall–Kier alpha value is -2.11. The summed E-state index contributed by atoms with van der Waals surface area (Å²) >= 11 is 0. The van der Waals surface area contributed by atoms with Gasteiger partial charge in [0.05, 0.1) is 11.9 Å². The largest absolute Gasteiger partial charge is 0.444 e. The molecule has 1 aliphatic rings. The molecule has 6 nitrogen and oxygen atoms in total. The molecule has 1 N–H and O–H groups in total. The number of carbonyl (C=O) groups excluding carboxylic acids is 1. The maximum absolute atomic E-state index is 11.9. The summed E-state index contributed by atoms with van der Waals surface area (Å²) in [5, 5.41) is 7.01. The van der Waals surface area contributed by atoms with E-state index in [0.29, 0.717) is 0 Å². The van der Waals surface area contributed by atoms with E-state index in [-0.39, 0.29) is 17.7 Å². The number of oxime groups is 1. The highest BCUT2D eigenvalue weighted by molar-refractivity contribution is 5.76. The lowest BCUT2D eigenvalue weighted by Crippen LogP contribution is -2.50. The van der Waals surface area contributed by atoms with Crippen molar-refractivity contribution < 1.29 is 14.4 Å². The first kappa shape index (κ1) is 18.2. The van der Waals surface area contributed by atoms with E-state index < -0.39 is 5.60 Å². The van der Waals surface area contributed by atoms with Crippen LogP contribution in [0.25, 0.3) is 0 Å². The summed E-state index contributed by atoms with van der Waals surface area (Å²) in [5.41, 5.74) is 0.0261. The maximum atomic E-state index is 11.9. The molecule has 0 atom stereocenters. The highest BCUT2D eigenvalue weighted by Gasteiger charge is 2.34. The molecule has 0 aromatic carbocycles. The smallest absolute Gasteiger partial charge is 0.408 e. The molecule has 24 heavy (non-hydrogen) atoms. The van der Waals surface area contributed by atoms with Gasteiger partial charge in [0.1, 0.15) is 11.7 Å². The third kappa shape index (κ3) is 6.18. The second-order valence-corrected chi connectivity index (χ2v) is 7.48. The van der Waals surface area contributed by atoms with Crippen molar-refractivity contribution in [2.45, 2.75) is 70.6 Å². The molecule has 1 aromatic rings. The number of pyridine rings is 1. The first-order valence-corrected chi connectivity index (χ1v) is 8.37. The van der Waals surface area contributed by atoms with Crippen LogP contribution in [0.4, 0.5) is 4.79 Å². The fourth-order valence-corrected chi connectivity index (χ4v) is 2.63. The molecule has 1 aliphatic carbocycles. The second-order valence-electron chi connectivity index (χ2n) is 7.48.